The fraction of sp³-hybridized carbons (Fsp3) is 0.188. The molecule has 2 heterocycles. The van der Waals surface area contributed by atoms with E-state index in [2.05, 4.69) is 15.6 Å². The first kappa shape index (κ1) is 16.9. The fourth-order valence-corrected chi connectivity index (χ4v) is 3.61. The average Bonchev–Trinajstić information content (AvgIpc) is 3.22. The summed E-state index contributed by atoms with van der Waals surface area (Å²) in [4.78, 5) is 12.3. The van der Waals surface area contributed by atoms with E-state index in [0.29, 0.717) is 17.0 Å². The lowest BCUT2D eigenvalue weighted by Crippen LogP contribution is -2.24. The number of rotatable bonds is 5. The van der Waals surface area contributed by atoms with Gasteiger partial charge in [0.25, 0.3) is 15.9 Å². The van der Waals surface area contributed by atoms with Gasteiger partial charge < -0.3 is 9.84 Å². The third kappa shape index (κ3) is 3.45. The van der Waals surface area contributed by atoms with E-state index >= 15 is 0 Å². The molecule has 2 aromatic heterocycles. The molecular weight excluding hydrogens is 344 g/mol. The molecule has 1 N–H and O–H groups in total. The van der Waals surface area contributed by atoms with Gasteiger partial charge in [0.15, 0.2) is 11.5 Å². The molecule has 0 radical (unpaired) electrons. The van der Waals surface area contributed by atoms with E-state index in [4.69, 9.17) is 4.52 Å². The van der Waals surface area contributed by atoms with Crippen molar-refractivity contribution in [3.8, 4) is 0 Å². The maximum atomic E-state index is 12.6. The Kier molecular flexibility index (Phi) is 4.41. The minimum absolute atomic E-state index is 0.00611. The second kappa shape index (κ2) is 6.52. The van der Waals surface area contributed by atoms with Gasteiger partial charge in [-0.15, -0.1) is 0 Å². The third-order valence-electron chi connectivity index (χ3n) is 3.52. The van der Waals surface area contributed by atoms with E-state index < -0.39 is 15.9 Å². The summed E-state index contributed by atoms with van der Waals surface area (Å²) in [6, 6.07) is 9.62. The second-order valence-corrected chi connectivity index (χ2v) is 7.23. The molecule has 0 saturated carbocycles. The Morgan fingerprint density at radius 1 is 1.24 bits per heavy atom. The van der Waals surface area contributed by atoms with Gasteiger partial charge in [0.1, 0.15) is 0 Å². The summed E-state index contributed by atoms with van der Waals surface area (Å²) < 4.78 is 31.0. The molecule has 3 rings (SSSR count). The van der Waals surface area contributed by atoms with Gasteiger partial charge >= 0.3 is 0 Å². The van der Waals surface area contributed by atoms with Crippen LogP contribution in [0.15, 0.2) is 52.0 Å². The normalized spacial score (nSPS) is 11.4. The molecule has 0 atom stereocenters. The van der Waals surface area contributed by atoms with Gasteiger partial charge in [0.05, 0.1) is 17.1 Å². The first-order valence-corrected chi connectivity index (χ1v) is 8.89. The number of benzene rings is 1. The molecule has 0 spiro atoms. The van der Waals surface area contributed by atoms with Crippen LogP contribution in [0, 0.1) is 13.8 Å². The molecule has 0 unspecified atom stereocenters. The minimum Gasteiger partial charge on any atom is -0.359 e. The smallest absolute Gasteiger partial charge is 0.283 e. The van der Waals surface area contributed by atoms with Crippen molar-refractivity contribution in [2.75, 3.05) is 0 Å². The topological polar surface area (TPSA) is 107 Å². The molecule has 8 nitrogen and oxygen atoms in total. The molecule has 0 aliphatic heterocycles. The number of amides is 1. The number of aromatic nitrogens is 3. The lowest BCUT2D eigenvalue weighted by Gasteiger charge is -2.07. The van der Waals surface area contributed by atoms with Crippen LogP contribution in [-0.4, -0.2) is 28.7 Å². The summed E-state index contributed by atoms with van der Waals surface area (Å²) >= 11 is 0. The van der Waals surface area contributed by atoms with E-state index in [1.807, 2.05) is 0 Å². The quantitative estimate of drug-likeness (QED) is 0.741. The molecule has 0 aliphatic carbocycles. The molecule has 3 aromatic rings. The SMILES string of the molecule is Cc1cc(CNC(=O)c2ccn(S(=O)(=O)c3ccccc3C)n2)on1. The van der Waals surface area contributed by atoms with Gasteiger partial charge in [0, 0.05) is 12.3 Å². The van der Waals surface area contributed by atoms with Crippen LogP contribution >= 0.6 is 0 Å². The van der Waals surface area contributed by atoms with Crippen LogP contribution in [0.2, 0.25) is 0 Å². The largest absolute Gasteiger partial charge is 0.359 e. The maximum Gasteiger partial charge on any atom is 0.283 e. The molecule has 9 heteroatoms. The highest BCUT2D eigenvalue weighted by Gasteiger charge is 2.21. The number of carbonyl (C=O) groups is 1. The Morgan fingerprint density at radius 3 is 2.68 bits per heavy atom. The van der Waals surface area contributed by atoms with Gasteiger partial charge in [-0.1, -0.05) is 23.4 Å². The first-order valence-electron chi connectivity index (χ1n) is 7.45. The Bertz CT molecular complexity index is 1020. The number of carbonyl (C=O) groups excluding carboxylic acids is 1. The zero-order chi connectivity index (χ0) is 18.0. The third-order valence-corrected chi connectivity index (χ3v) is 5.23. The highest BCUT2D eigenvalue weighted by Crippen LogP contribution is 2.17. The van der Waals surface area contributed by atoms with Crippen molar-refractivity contribution in [1.29, 1.82) is 0 Å². The molecule has 130 valence electrons. The van der Waals surface area contributed by atoms with Gasteiger partial charge in [-0.05, 0) is 31.5 Å². The van der Waals surface area contributed by atoms with E-state index in [0.717, 1.165) is 4.09 Å². The Balaban J connectivity index is 1.77. The van der Waals surface area contributed by atoms with Crippen LogP contribution in [0.5, 0.6) is 0 Å². The molecule has 1 aromatic carbocycles. The van der Waals surface area contributed by atoms with Gasteiger partial charge in [-0.3, -0.25) is 4.79 Å². The van der Waals surface area contributed by atoms with E-state index in [1.54, 1.807) is 38.1 Å². The number of hydrogen-bond donors (Lipinski definition) is 1. The molecular formula is C16H16N4O4S. The van der Waals surface area contributed by atoms with Crippen molar-refractivity contribution in [2.45, 2.75) is 25.3 Å². The average molecular weight is 360 g/mol. The van der Waals surface area contributed by atoms with Crippen molar-refractivity contribution in [3.63, 3.8) is 0 Å². The zero-order valence-electron chi connectivity index (χ0n) is 13.6. The standard InChI is InChI=1S/C16H16N4O4S/c1-11-5-3-4-6-15(11)25(22,23)20-8-7-14(18-20)16(21)17-10-13-9-12(2)19-24-13/h3-9H,10H2,1-2H3,(H,17,21). The lowest BCUT2D eigenvalue weighted by atomic mass is 10.2. The van der Waals surface area contributed by atoms with Gasteiger partial charge in [0.2, 0.25) is 0 Å². The summed E-state index contributed by atoms with van der Waals surface area (Å²) in [6.45, 7) is 3.60. The molecule has 0 bridgehead atoms. The summed E-state index contributed by atoms with van der Waals surface area (Å²) in [7, 11) is -3.85. The summed E-state index contributed by atoms with van der Waals surface area (Å²) in [5.41, 5.74) is 1.30. The molecule has 0 fully saturated rings. The monoisotopic (exact) mass is 360 g/mol. The number of nitrogens with one attached hydrogen (secondary N) is 1. The summed E-state index contributed by atoms with van der Waals surface area (Å²) in [6.07, 6.45) is 1.25. The Hall–Kier alpha value is -2.94. The Morgan fingerprint density at radius 2 is 2.00 bits per heavy atom. The molecule has 0 saturated heterocycles. The van der Waals surface area contributed by atoms with Crippen LogP contribution in [-0.2, 0) is 16.6 Å². The van der Waals surface area contributed by atoms with Gasteiger partial charge in [-0.25, -0.2) is 0 Å². The number of nitrogens with zero attached hydrogens (tertiary/aromatic N) is 3. The van der Waals surface area contributed by atoms with Crippen LogP contribution in [0.4, 0.5) is 0 Å². The predicted octanol–water partition coefficient (Wildman–Crippen LogP) is 1.65. The maximum absolute atomic E-state index is 12.6. The van der Waals surface area contributed by atoms with Crippen molar-refractivity contribution >= 4 is 15.9 Å². The van der Waals surface area contributed by atoms with Crippen LogP contribution in [0.25, 0.3) is 0 Å². The fourth-order valence-electron chi connectivity index (χ4n) is 2.27. The van der Waals surface area contributed by atoms with Gasteiger partial charge in [-0.2, -0.15) is 17.6 Å². The van der Waals surface area contributed by atoms with Crippen LogP contribution in [0.1, 0.15) is 27.5 Å². The van der Waals surface area contributed by atoms with E-state index in [9.17, 15) is 13.2 Å². The first-order chi connectivity index (χ1) is 11.9. The number of hydrogen-bond acceptors (Lipinski definition) is 6. The second-order valence-electron chi connectivity index (χ2n) is 5.46. The minimum atomic E-state index is -3.85. The zero-order valence-corrected chi connectivity index (χ0v) is 14.4. The van der Waals surface area contributed by atoms with Crippen LogP contribution < -0.4 is 5.32 Å². The molecule has 1 amide bonds. The highest BCUT2D eigenvalue weighted by molar-refractivity contribution is 7.89. The van der Waals surface area contributed by atoms with Crippen molar-refractivity contribution in [1.82, 2.24) is 19.7 Å². The lowest BCUT2D eigenvalue weighted by molar-refractivity contribution is 0.0942. The molecule has 0 aliphatic rings. The summed E-state index contributed by atoms with van der Waals surface area (Å²) in [5, 5.41) is 10.2. The van der Waals surface area contributed by atoms with Crippen LogP contribution in [0.3, 0.4) is 0 Å². The van der Waals surface area contributed by atoms with Crippen molar-refractivity contribution < 1.29 is 17.7 Å². The predicted molar refractivity (Wildman–Crippen MR) is 88.4 cm³/mol. The molecule has 25 heavy (non-hydrogen) atoms. The summed E-state index contributed by atoms with van der Waals surface area (Å²) in [5.74, 6) is -0.00870. The van der Waals surface area contributed by atoms with E-state index in [-0.39, 0.29) is 17.1 Å². The van der Waals surface area contributed by atoms with Crippen molar-refractivity contribution in [3.05, 3.63) is 65.3 Å². The highest BCUT2D eigenvalue weighted by atomic mass is 32.2. The Labute approximate surface area is 144 Å². The van der Waals surface area contributed by atoms with Crippen molar-refractivity contribution in [2.24, 2.45) is 0 Å². The van der Waals surface area contributed by atoms with E-state index in [1.165, 1.54) is 18.3 Å². The number of aryl methyl sites for hydroxylation is 2.